The number of nitrogens with two attached hydrogens (primary N) is 1. The molecule has 3 nitrogen and oxygen atoms in total. The van der Waals surface area contributed by atoms with E-state index < -0.39 is 0 Å². The van der Waals surface area contributed by atoms with Gasteiger partial charge in [-0.15, -0.1) is 0 Å². The maximum absolute atomic E-state index is 5.61. The predicted molar refractivity (Wildman–Crippen MR) is 77.7 cm³/mol. The molecule has 19 heavy (non-hydrogen) atoms. The molecule has 2 N–H and O–H groups in total. The first kappa shape index (κ1) is 13.4. The van der Waals surface area contributed by atoms with Gasteiger partial charge in [0.2, 0.25) is 0 Å². The number of benzene rings is 2. The number of rotatable bonds is 5. The molecule has 0 aliphatic carbocycles. The molecule has 0 amide bonds. The van der Waals surface area contributed by atoms with Gasteiger partial charge in [-0.3, -0.25) is 0 Å². The molecule has 0 heterocycles. The van der Waals surface area contributed by atoms with Crippen LogP contribution in [0.5, 0.6) is 11.5 Å². The number of hydrogen-bond donors (Lipinski definition) is 1. The van der Waals surface area contributed by atoms with E-state index in [2.05, 4.69) is 18.2 Å². The molecule has 2 aromatic carbocycles. The minimum atomic E-state index is 0.651. The first-order chi connectivity index (χ1) is 9.28. The van der Waals surface area contributed by atoms with Gasteiger partial charge in [-0.2, -0.15) is 0 Å². The maximum atomic E-state index is 5.61. The summed E-state index contributed by atoms with van der Waals surface area (Å²) in [5, 5.41) is 0. The van der Waals surface area contributed by atoms with E-state index in [0.717, 1.165) is 29.0 Å². The number of methoxy groups -OCH3 is 2. The molecule has 0 unspecified atom stereocenters. The van der Waals surface area contributed by atoms with Crippen LogP contribution >= 0.6 is 0 Å². The molecule has 2 rings (SSSR count). The van der Waals surface area contributed by atoms with Gasteiger partial charge in [-0.1, -0.05) is 24.3 Å². The van der Waals surface area contributed by atoms with E-state index in [4.69, 9.17) is 15.2 Å². The SMILES string of the molecule is COc1ccc(OC)c(-c2cccc(CCN)c2)c1. The summed E-state index contributed by atoms with van der Waals surface area (Å²) < 4.78 is 10.7. The van der Waals surface area contributed by atoms with Gasteiger partial charge in [-0.05, 0) is 42.3 Å². The van der Waals surface area contributed by atoms with E-state index in [-0.39, 0.29) is 0 Å². The summed E-state index contributed by atoms with van der Waals surface area (Å²) in [5.74, 6) is 1.66. The van der Waals surface area contributed by atoms with E-state index in [9.17, 15) is 0 Å². The second-order valence-corrected chi connectivity index (χ2v) is 4.31. The molecule has 0 fully saturated rings. The smallest absolute Gasteiger partial charge is 0.126 e. The van der Waals surface area contributed by atoms with Crippen LogP contribution < -0.4 is 15.2 Å². The zero-order chi connectivity index (χ0) is 13.7. The molecule has 0 aliphatic heterocycles. The third kappa shape index (κ3) is 3.06. The molecule has 0 aromatic heterocycles. The molecule has 3 heteroatoms. The molecule has 0 saturated heterocycles. The van der Waals surface area contributed by atoms with Crippen molar-refractivity contribution in [3.8, 4) is 22.6 Å². The highest BCUT2D eigenvalue weighted by atomic mass is 16.5. The molecule has 0 radical (unpaired) electrons. The van der Waals surface area contributed by atoms with E-state index in [1.165, 1.54) is 5.56 Å². The lowest BCUT2D eigenvalue weighted by Crippen LogP contribution is -2.02. The largest absolute Gasteiger partial charge is 0.497 e. The van der Waals surface area contributed by atoms with Gasteiger partial charge in [-0.25, -0.2) is 0 Å². The van der Waals surface area contributed by atoms with Crippen LogP contribution in [0.2, 0.25) is 0 Å². The van der Waals surface area contributed by atoms with E-state index >= 15 is 0 Å². The van der Waals surface area contributed by atoms with Crippen molar-refractivity contribution in [1.82, 2.24) is 0 Å². The second-order valence-electron chi connectivity index (χ2n) is 4.31. The van der Waals surface area contributed by atoms with Gasteiger partial charge in [0, 0.05) is 5.56 Å². The van der Waals surface area contributed by atoms with Gasteiger partial charge in [0.05, 0.1) is 14.2 Å². The Hall–Kier alpha value is -2.00. The average Bonchev–Trinajstić information content (AvgIpc) is 2.47. The Morgan fingerprint density at radius 1 is 1.00 bits per heavy atom. The van der Waals surface area contributed by atoms with Crippen LogP contribution in [0.15, 0.2) is 42.5 Å². The Morgan fingerprint density at radius 2 is 1.84 bits per heavy atom. The summed E-state index contributed by atoms with van der Waals surface area (Å²) in [6.45, 7) is 0.651. The van der Waals surface area contributed by atoms with Crippen molar-refractivity contribution >= 4 is 0 Å². The molecule has 0 saturated carbocycles. The molecular formula is C16H19NO2. The Bertz CT molecular complexity index is 552. The zero-order valence-electron chi connectivity index (χ0n) is 11.3. The lowest BCUT2D eigenvalue weighted by atomic mass is 10.0. The van der Waals surface area contributed by atoms with Crippen molar-refractivity contribution in [2.45, 2.75) is 6.42 Å². The third-order valence-electron chi connectivity index (χ3n) is 3.08. The van der Waals surface area contributed by atoms with Crippen LogP contribution in [0, 0.1) is 0 Å². The van der Waals surface area contributed by atoms with Gasteiger partial charge in [0.1, 0.15) is 11.5 Å². The summed E-state index contributed by atoms with van der Waals surface area (Å²) in [4.78, 5) is 0. The van der Waals surface area contributed by atoms with Gasteiger partial charge < -0.3 is 15.2 Å². The monoisotopic (exact) mass is 257 g/mol. The summed E-state index contributed by atoms with van der Waals surface area (Å²) in [5.41, 5.74) is 8.97. The number of hydrogen-bond acceptors (Lipinski definition) is 3. The van der Waals surface area contributed by atoms with Crippen molar-refractivity contribution in [3.63, 3.8) is 0 Å². The molecular weight excluding hydrogens is 238 g/mol. The second kappa shape index (κ2) is 6.25. The summed E-state index contributed by atoms with van der Waals surface area (Å²) in [6.07, 6.45) is 0.875. The quantitative estimate of drug-likeness (QED) is 0.895. The van der Waals surface area contributed by atoms with Crippen molar-refractivity contribution in [3.05, 3.63) is 48.0 Å². The lowest BCUT2D eigenvalue weighted by molar-refractivity contribution is 0.404. The van der Waals surface area contributed by atoms with Crippen molar-refractivity contribution in [1.29, 1.82) is 0 Å². The van der Waals surface area contributed by atoms with E-state index in [1.54, 1.807) is 14.2 Å². The fourth-order valence-electron chi connectivity index (χ4n) is 2.10. The Labute approximate surface area is 114 Å². The van der Waals surface area contributed by atoms with Crippen LogP contribution in [0.1, 0.15) is 5.56 Å². The topological polar surface area (TPSA) is 44.5 Å². The van der Waals surface area contributed by atoms with E-state index in [0.29, 0.717) is 6.54 Å². The average molecular weight is 257 g/mol. The fraction of sp³-hybridized carbons (Fsp3) is 0.250. The van der Waals surface area contributed by atoms with Crippen LogP contribution in [-0.2, 0) is 6.42 Å². The Balaban J connectivity index is 2.47. The Kier molecular flexibility index (Phi) is 4.42. The normalized spacial score (nSPS) is 10.3. The molecule has 0 spiro atoms. The standard InChI is InChI=1S/C16H19NO2/c1-18-14-6-7-16(19-2)15(11-14)13-5-3-4-12(10-13)8-9-17/h3-7,10-11H,8-9,17H2,1-2H3. The first-order valence-corrected chi connectivity index (χ1v) is 6.30. The summed E-state index contributed by atoms with van der Waals surface area (Å²) in [7, 11) is 3.34. The van der Waals surface area contributed by atoms with Crippen molar-refractivity contribution in [2.75, 3.05) is 20.8 Å². The van der Waals surface area contributed by atoms with Crippen LogP contribution in [0.4, 0.5) is 0 Å². The molecule has 0 bridgehead atoms. The van der Waals surface area contributed by atoms with Crippen LogP contribution in [-0.4, -0.2) is 20.8 Å². The van der Waals surface area contributed by atoms with Crippen LogP contribution in [0.25, 0.3) is 11.1 Å². The highest BCUT2D eigenvalue weighted by molar-refractivity contribution is 5.72. The highest BCUT2D eigenvalue weighted by Gasteiger charge is 2.08. The number of ether oxygens (including phenoxy) is 2. The highest BCUT2D eigenvalue weighted by Crippen LogP contribution is 2.33. The summed E-state index contributed by atoms with van der Waals surface area (Å²) >= 11 is 0. The maximum Gasteiger partial charge on any atom is 0.126 e. The predicted octanol–water partition coefficient (Wildman–Crippen LogP) is 2.87. The Morgan fingerprint density at radius 3 is 2.53 bits per heavy atom. The molecule has 2 aromatic rings. The first-order valence-electron chi connectivity index (χ1n) is 6.30. The fourth-order valence-corrected chi connectivity index (χ4v) is 2.10. The minimum absolute atomic E-state index is 0.651. The lowest BCUT2D eigenvalue weighted by Gasteiger charge is -2.11. The molecule has 0 aliphatic rings. The van der Waals surface area contributed by atoms with Gasteiger partial charge >= 0.3 is 0 Å². The molecule has 0 atom stereocenters. The van der Waals surface area contributed by atoms with Crippen molar-refractivity contribution < 1.29 is 9.47 Å². The third-order valence-corrected chi connectivity index (χ3v) is 3.08. The van der Waals surface area contributed by atoms with Crippen molar-refractivity contribution in [2.24, 2.45) is 5.73 Å². The van der Waals surface area contributed by atoms with Crippen LogP contribution in [0.3, 0.4) is 0 Å². The zero-order valence-corrected chi connectivity index (χ0v) is 11.3. The van der Waals surface area contributed by atoms with Gasteiger partial charge in [0.15, 0.2) is 0 Å². The molecule has 100 valence electrons. The minimum Gasteiger partial charge on any atom is -0.497 e. The van der Waals surface area contributed by atoms with Gasteiger partial charge in [0.25, 0.3) is 0 Å². The summed E-state index contributed by atoms with van der Waals surface area (Å²) in [6, 6.07) is 14.1. The van der Waals surface area contributed by atoms with E-state index in [1.807, 2.05) is 24.3 Å².